The standard InChI is InChI=1S/C22H34N6/c1-3-23-22(24-13-16-27-14-7-6-9-19(27)2)25-17-20-10-4-5-11-21(20)18-28-15-8-12-26-28/h4-5,8,10-12,15,19H,3,6-7,9,13-14,16-18H2,1-2H3,(H2,23,24,25). The molecule has 1 aliphatic heterocycles. The van der Waals surface area contributed by atoms with Crippen LogP contribution in [-0.2, 0) is 13.1 Å². The Morgan fingerprint density at radius 3 is 2.79 bits per heavy atom. The number of piperidine rings is 1. The van der Waals surface area contributed by atoms with Gasteiger partial charge in [-0.3, -0.25) is 9.58 Å². The van der Waals surface area contributed by atoms with Crippen molar-refractivity contribution in [3.05, 3.63) is 53.9 Å². The molecule has 1 aromatic heterocycles. The molecule has 1 aromatic carbocycles. The molecule has 1 atom stereocenters. The normalized spacial score (nSPS) is 18.2. The van der Waals surface area contributed by atoms with Crippen LogP contribution >= 0.6 is 0 Å². The third-order valence-corrected chi connectivity index (χ3v) is 5.39. The molecule has 0 radical (unpaired) electrons. The minimum Gasteiger partial charge on any atom is -0.357 e. The third-order valence-electron chi connectivity index (χ3n) is 5.39. The second-order valence-electron chi connectivity index (χ2n) is 7.48. The molecule has 28 heavy (non-hydrogen) atoms. The van der Waals surface area contributed by atoms with Gasteiger partial charge in [0.2, 0.25) is 0 Å². The van der Waals surface area contributed by atoms with Gasteiger partial charge < -0.3 is 10.6 Å². The summed E-state index contributed by atoms with van der Waals surface area (Å²) in [5.74, 6) is 0.890. The lowest BCUT2D eigenvalue weighted by atomic mass is 10.0. The van der Waals surface area contributed by atoms with Crippen molar-refractivity contribution in [3.8, 4) is 0 Å². The van der Waals surface area contributed by atoms with E-state index in [0.29, 0.717) is 12.6 Å². The molecule has 0 amide bonds. The summed E-state index contributed by atoms with van der Waals surface area (Å²) in [7, 11) is 0. The highest BCUT2D eigenvalue weighted by Gasteiger charge is 2.17. The van der Waals surface area contributed by atoms with Gasteiger partial charge in [0, 0.05) is 38.1 Å². The van der Waals surface area contributed by atoms with Crippen LogP contribution in [0.3, 0.4) is 0 Å². The van der Waals surface area contributed by atoms with Crippen molar-refractivity contribution in [2.45, 2.75) is 52.2 Å². The molecule has 2 aromatic rings. The molecule has 1 aliphatic rings. The van der Waals surface area contributed by atoms with Crippen molar-refractivity contribution in [2.75, 3.05) is 26.2 Å². The average Bonchev–Trinajstić information content (AvgIpc) is 3.22. The van der Waals surface area contributed by atoms with Gasteiger partial charge in [-0.25, -0.2) is 4.99 Å². The molecule has 3 rings (SSSR count). The quantitative estimate of drug-likeness (QED) is 0.544. The van der Waals surface area contributed by atoms with Crippen LogP contribution < -0.4 is 10.6 Å². The van der Waals surface area contributed by atoms with E-state index in [1.807, 2.05) is 23.1 Å². The van der Waals surface area contributed by atoms with E-state index in [1.54, 1.807) is 0 Å². The number of benzene rings is 1. The molecule has 0 aliphatic carbocycles. The summed E-state index contributed by atoms with van der Waals surface area (Å²) in [5, 5.41) is 11.2. The van der Waals surface area contributed by atoms with Crippen molar-refractivity contribution in [1.29, 1.82) is 0 Å². The Balaban J connectivity index is 1.56. The molecule has 2 N–H and O–H groups in total. The van der Waals surface area contributed by atoms with Gasteiger partial charge in [0.05, 0.1) is 13.1 Å². The minimum absolute atomic E-state index is 0.660. The summed E-state index contributed by atoms with van der Waals surface area (Å²) < 4.78 is 1.95. The van der Waals surface area contributed by atoms with Crippen LogP contribution in [0.4, 0.5) is 0 Å². The molecule has 1 saturated heterocycles. The first-order chi connectivity index (χ1) is 13.8. The van der Waals surface area contributed by atoms with E-state index >= 15 is 0 Å². The van der Waals surface area contributed by atoms with E-state index in [-0.39, 0.29) is 0 Å². The monoisotopic (exact) mass is 382 g/mol. The van der Waals surface area contributed by atoms with Gasteiger partial charge in [0.1, 0.15) is 0 Å². The summed E-state index contributed by atoms with van der Waals surface area (Å²) in [5.41, 5.74) is 2.49. The Morgan fingerprint density at radius 2 is 2.04 bits per heavy atom. The lowest BCUT2D eigenvalue weighted by molar-refractivity contribution is 0.163. The highest BCUT2D eigenvalue weighted by atomic mass is 15.3. The summed E-state index contributed by atoms with van der Waals surface area (Å²) in [6.45, 7) is 9.96. The molecular weight excluding hydrogens is 348 g/mol. The summed E-state index contributed by atoms with van der Waals surface area (Å²) in [6, 6.07) is 11.1. The Morgan fingerprint density at radius 1 is 1.18 bits per heavy atom. The van der Waals surface area contributed by atoms with E-state index in [2.05, 4.69) is 58.7 Å². The maximum atomic E-state index is 4.82. The van der Waals surface area contributed by atoms with Crippen molar-refractivity contribution in [3.63, 3.8) is 0 Å². The van der Waals surface area contributed by atoms with Crippen molar-refractivity contribution in [1.82, 2.24) is 25.3 Å². The third kappa shape index (κ3) is 6.09. The number of rotatable bonds is 8. The first-order valence-electron chi connectivity index (χ1n) is 10.6. The molecule has 1 unspecified atom stereocenters. The van der Waals surface area contributed by atoms with Crippen LogP contribution in [0.2, 0.25) is 0 Å². The van der Waals surface area contributed by atoms with Crippen molar-refractivity contribution >= 4 is 5.96 Å². The van der Waals surface area contributed by atoms with Gasteiger partial charge in [0.15, 0.2) is 5.96 Å². The van der Waals surface area contributed by atoms with Gasteiger partial charge >= 0.3 is 0 Å². The number of aliphatic imine (C=N–C) groups is 1. The van der Waals surface area contributed by atoms with Crippen LogP contribution in [0.5, 0.6) is 0 Å². The van der Waals surface area contributed by atoms with Crippen LogP contribution in [0, 0.1) is 0 Å². The SMILES string of the molecule is CCNC(=NCc1ccccc1Cn1cccn1)NCCN1CCCCC1C. The summed E-state index contributed by atoms with van der Waals surface area (Å²) in [6.07, 6.45) is 7.82. The Hall–Kier alpha value is -2.34. The molecule has 0 saturated carbocycles. The molecule has 2 heterocycles. The summed E-state index contributed by atoms with van der Waals surface area (Å²) in [4.78, 5) is 7.40. The van der Waals surface area contributed by atoms with Crippen molar-refractivity contribution < 1.29 is 0 Å². The van der Waals surface area contributed by atoms with Gasteiger partial charge in [-0.1, -0.05) is 30.7 Å². The zero-order chi connectivity index (χ0) is 19.6. The maximum absolute atomic E-state index is 4.82. The first-order valence-corrected chi connectivity index (χ1v) is 10.6. The molecule has 6 heteroatoms. The number of aromatic nitrogens is 2. The molecular formula is C22H34N6. The second-order valence-corrected chi connectivity index (χ2v) is 7.48. The van der Waals surface area contributed by atoms with Gasteiger partial charge in [-0.15, -0.1) is 0 Å². The van der Waals surface area contributed by atoms with Crippen LogP contribution in [0.1, 0.15) is 44.2 Å². The zero-order valence-electron chi connectivity index (χ0n) is 17.3. The molecule has 0 bridgehead atoms. The highest BCUT2D eigenvalue weighted by Crippen LogP contribution is 2.15. The van der Waals surface area contributed by atoms with Gasteiger partial charge in [-0.05, 0) is 50.4 Å². The fourth-order valence-electron chi connectivity index (χ4n) is 3.75. The van der Waals surface area contributed by atoms with Gasteiger partial charge in [0.25, 0.3) is 0 Å². The fourth-order valence-corrected chi connectivity index (χ4v) is 3.75. The maximum Gasteiger partial charge on any atom is 0.191 e. The average molecular weight is 383 g/mol. The fraction of sp³-hybridized carbons (Fsp3) is 0.545. The number of hydrogen-bond donors (Lipinski definition) is 2. The second kappa shape index (κ2) is 10.9. The number of nitrogens with one attached hydrogen (secondary N) is 2. The minimum atomic E-state index is 0.660. The topological polar surface area (TPSA) is 57.5 Å². The predicted octanol–water partition coefficient (Wildman–Crippen LogP) is 2.86. The Bertz CT molecular complexity index is 724. The molecule has 1 fully saturated rings. The molecule has 6 nitrogen and oxygen atoms in total. The van der Waals surface area contributed by atoms with Crippen LogP contribution in [-0.4, -0.2) is 52.9 Å². The van der Waals surface area contributed by atoms with Gasteiger partial charge in [-0.2, -0.15) is 5.10 Å². The summed E-state index contributed by atoms with van der Waals surface area (Å²) >= 11 is 0. The first kappa shape index (κ1) is 20.4. The number of guanidine groups is 1. The zero-order valence-corrected chi connectivity index (χ0v) is 17.3. The van der Waals surface area contributed by atoms with E-state index in [9.17, 15) is 0 Å². The highest BCUT2D eigenvalue weighted by molar-refractivity contribution is 5.79. The lowest BCUT2D eigenvalue weighted by Crippen LogP contribution is -2.45. The van der Waals surface area contributed by atoms with Crippen LogP contribution in [0.25, 0.3) is 0 Å². The van der Waals surface area contributed by atoms with Crippen LogP contribution in [0.15, 0.2) is 47.7 Å². The van der Waals surface area contributed by atoms with E-state index in [0.717, 1.165) is 32.1 Å². The number of likely N-dealkylation sites (tertiary alicyclic amines) is 1. The Labute approximate surface area is 169 Å². The molecule has 0 spiro atoms. The van der Waals surface area contributed by atoms with Crippen molar-refractivity contribution in [2.24, 2.45) is 4.99 Å². The lowest BCUT2D eigenvalue weighted by Gasteiger charge is -2.33. The van der Waals surface area contributed by atoms with E-state index in [4.69, 9.17) is 4.99 Å². The Kier molecular flexibility index (Phi) is 7.91. The molecule has 152 valence electrons. The number of nitrogens with zero attached hydrogens (tertiary/aromatic N) is 4. The largest absolute Gasteiger partial charge is 0.357 e. The number of hydrogen-bond acceptors (Lipinski definition) is 3. The smallest absolute Gasteiger partial charge is 0.191 e. The van der Waals surface area contributed by atoms with E-state index < -0.39 is 0 Å². The van der Waals surface area contributed by atoms with E-state index in [1.165, 1.54) is 36.9 Å². The predicted molar refractivity (Wildman–Crippen MR) is 115 cm³/mol.